The van der Waals surface area contributed by atoms with E-state index >= 15 is 0 Å². The molecule has 0 aliphatic heterocycles. The number of aromatic nitrogens is 1. The number of pyridine rings is 1. The first kappa shape index (κ1) is 18.9. The minimum atomic E-state index is -0.0379. The number of hydrogen-bond donors (Lipinski definition) is 2. The van der Waals surface area contributed by atoms with Gasteiger partial charge in [-0.1, -0.05) is 30.3 Å². The largest absolute Gasteiger partial charge is 0.380 e. The summed E-state index contributed by atoms with van der Waals surface area (Å²) in [5.41, 5.74) is 7.11. The summed E-state index contributed by atoms with van der Waals surface area (Å²) in [5, 5.41) is 7.94. The Balaban J connectivity index is 1.31. The third-order valence-corrected chi connectivity index (χ3v) is 6.39. The topological polar surface area (TPSA) is 54.0 Å². The van der Waals surface area contributed by atoms with Gasteiger partial charge in [0.15, 0.2) is 0 Å². The Kier molecular flexibility index (Phi) is 5.22. The van der Waals surface area contributed by atoms with Gasteiger partial charge in [0.2, 0.25) is 0 Å². The average Bonchev–Trinajstić information content (AvgIpc) is 2.76. The van der Waals surface area contributed by atoms with Crippen LogP contribution in [0.4, 0.5) is 0 Å². The van der Waals surface area contributed by atoms with Crippen LogP contribution in [0, 0.1) is 0 Å². The van der Waals surface area contributed by atoms with E-state index in [2.05, 4.69) is 39.9 Å². The Labute approximate surface area is 177 Å². The number of allylic oxidation sites excluding steroid dienone is 1. The molecule has 4 nitrogen and oxygen atoms in total. The van der Waals surface area contributed by atoms with Crippen molar-refractivity contribution < 1.29 is 4.79 Å². The molecule has 0 bridgehead atoms. The number of aryl methyl sites for hydroxylation is 1. The summed E-state index contributed by atoms with van der Waals surface area (Å²) in [6.45, 7) is 0.553. The quantitative estimate of drug-likeness (QED) is 0.632. The van der Waals surface area contributed by atoms with Crippen LogP contribution in [0.3, 0.4) is 0 Å². The number of rotatable bonds is 5. The maximum Gasteiger partial charge on any atom is 0.251 e. The monoisotopic (exact) mass is 397 g/mol. The summed E-state index contributed by atoms with van der Waals surface area (Å²) in [7, 11) is 0. The molecule has 1 saturated carbocycles. The summed E-state index contributed by atoms with van der Waals surface area (Å²) in [5.74, 6) is -0.0379. The van der Waals surface area contributed by atoms with Crippen LogP contribution in [0.15, 0.2) is 72.1 Å². The van der Waals surface area contributed by atoms with E-state index in [0.717, 1.165) is 36.6 Å². The van der Waals surface area contributed by atoms with Crippen LogP contribution in [0.5, 0.6) is 0 Å². The molecule has 1 heterocycles. The van der Waals surface area contributed by atoms with Gasteiger partial charge in [0.25, 0.3) is 5.91 Å². The molecule has 1 unspecified atom stereocenters. The molecule has 2 N–H and O–H groups in total. The smallest absolute Gasteiger partial charge is 0.251 e. The molecule has 2 aliphatic rings. The van der Waals surface area contributed by atoms with Gasteiger partial charge in [-0.2, -0.15) is 0 Å². The standard InChI is InChI=1S/C26H27N3O/c30-26(21-13-14-23-20(16-21)10-5-15-27-23)28-17-25(19-8-3-9-19)29-24-12-4-7-18-6-1-2-11-22(18)24/h1-2,5-6,10-11,13-16,24,29H,3-4,7-9,12,17H2,(H,28,30). The number of fused-ring (bicyclic) bond motifs is 2. The molecule has 0 radical (unpaired) electrons. The van der Waals surface area contributed by atoms with Crippen molar-refractivity contribution >= 4 is 16.8 Å². The molecule has 0 spiro atoms. The first-order valence-electron chi connectivity index (χ1n) is 11.0. The predicted octanol–water partition coefficient (Wildman–Crippen LogP) is 5.07. The van der Waals surface area contributed by atoms with Crippen LogP contribution in [-0.4, -0.2) is 17.4 Å². The van der Waals surface area contributed by atoms with Crippen LogP contribution in [0.25, 0.3) is 10.9 Å². The Bertz CT molecular complexity index is 1110. The van der Waals surface area contributed by atoms with Gasteiger partial charge in [-0.25, -0.2) is 0 Å². The molecular weight excluding hydrogens is 370 g/mol. The van der Waals surface area contributed by atoms with Crippen molar-refractivity contribution in [3.05, 3.63) is 88.8 Å². The zero-order valence-corrected chi connectivity index (χ0v) is 17.2. The maximum absolute atomic E-state index is 12.8. The third-order valence-electron chi connectivity index (χ3n) is 6.39. The van der Waals surface area contributed by atoms with Crippen molar-refractivity contribution in [2.24, 2.45) is 0 Å². The summed E-state index contributed by atoms with van der Waals surface area (Å²) in [6.07, 6.45) is 8.78. The van der Waals surface area contributed by atoms with E-state index in [-0.39, 0.29) is 5.91 Å². The molecule has 2 aliphatic carbocycles. The van der Waals surface area contributed by atoms with Crippen molar-refractivity contribution in [2.45, 2.75) is 44.6 Å². The van der Waals surface area contributed by atoms with Crippen molar-refractivity contribution in [3.8, 4) is 0 Å². The molecule has 152 valence electrons. The molecule has 2 aromatic carbocycles. The lowest BCUT2D eigenvalue weighted by molar-refractivity contribution is 0.0956. The van der Waals surface area contributed by atoms with E-state index in [4.69, 9.17) is 0 Å². The van der Waals surface area contributed by atoms with Gasteiger partial charge < -0.3 is 10.6 Å². The fourth-order valence-electron chi connectivity index (χ4n) is 4.54. The zero-order valence-electron chi connectivity index (χ0n) is 17.2. The fourth-order valence-corrected chi connectivity index (χ4v) is 4.54. The van der Waals surface area contributed by atoms with Gasteiger partial charge in [-0.05, 0) is 79.5 Å². The first-order valence-corrected chi connectivity index (χ1v) is 11.0. The molecule has 1 aromatic heterocycles. The number of carbonyl (C=O) groups excluding carboxylic acids is 1. The van der Waals surface area contributed by atoms with Crippen molar-refractivity contribution in [1.29, 1.82) is 0 Å². The van der Waals surface area contributed by atoms with Crippen LogP contribution < -0.4 is 10.6 Å². The van der Waals surface area contributed by atoms with E-state index in [1.54, 1.807) is 6.20 Å². The predicted molar refractivity (Wildman–Crippen MR) is 120 cm³/mol. The summed E-state index contributed by atoms with van der Waals surface area (Å²) in [4.78, 5) is 17.2. The highest BCUT2D eigenvalue weighted by Gasteiger charge is 2.23. The minimum absolute atomic E-state index is 0.0379. The van der Waals surface area contributed by atoms with Gasteiger partial charge >= 0.3 is 0 Å². The Hall–Kier alpha value is -3.14. The van der Waals surface area contributed by atoms with E-state index in [1.165, 1.54) is 35.2 Å². The highest BCUT2D eigenvalue weighted by atomic mass is 16.1. The SMILES string of the molecule is O=C(NCC(NC1CCCc2ccccc21)=C1CCC1)c1ccc2ncccc2c1. The lowest BCUT2D eigenvalue weighted by atomic mass is 9.86. The second kappa shape index (κ2) is 8.31. The Morgan fingerprint density at radius 2 is 1.90 bits per heavy atom. The number of carbonyl (C=O) groups is 1. The average molecular weight is 398 g/mol. The molecule has 1 atom stereocenters. The summed E-state index contributed by atoms with van der Waals surface area (Å²) < 4.78 is 0. The van der Waals surface area contributed by atoms with Crippen molar-refractivity contribution in [2.75, 3.05) is 6.54 Å². The van der Waals surface area contributed by atoms with Crippen LogP contribution in [0.1, 0.15) is 59.6 Å². The zero-order chi connectivity index (χ0) is 20.3. The minimum Gasteiger partial charge on any atom is -0.380 e. The van der Waals surface area contributed by atoms with E-state index in [9.17, 15) is 4.79 Å². The second-order valence-electron chi connectivity index (χ2n) is 8.32. The highest BCUT2D eigenvalue weighted by Crippen LogP contribution is 2.33. The summed E-state index contributed by atoms with van der Waals surface area (Å²) >= 11 is 0. The van der Waals surface area contributed by atoms with Crippen LogP contribution in [-0.2, 0) is 6.42 Å². The lowest BCUT2D eigenvalue weighted by Crippen LogP contribution is -2.35. The summed E-state index contributed by atoms with van der Waals surface area (Å²) in [6, 6.07) is 18.7. The van der Waals surface area contributed by atoms with Gasteiger partial charge in [0.1, 0.15) is 0 Å². The molecule has 30 heavy (non-hydrogen) atoms. The molecule has 4 heteroatoms. The third kappa shape index (κ3) is 3.82. The van der Waals surface area contributed by atoms with E-state index < -0.39 is 0 Å². The second-order valence-corrected chi connectivity index (χ2v) is 8.32. The maximum atomic E-state index is 12.8. The van der Waals surface area contributed by atoms with Crippen LogP contribution in [0.2, 0.25) is 0 Å². The normalized spacial score (nSPS) is 17.7. The molecule has 1 fully saturated rings. The van der Waals surface area contributed by atoms with E-state index in [0.29, 0.717) is 18.2 Å². The Morgan fingerprint density at radius 1 is 1.00 bits per heavy atom. The molecule has 3 aromatic rings. The fraction of sp³-hybridized carbons (Fsp3) is 0.308. The highest BCUT2D eigenvalue weighted by molar-refractivity contribution is 5.98. The van der Waals surface area contributed by atoms with Gasteiger partial charge in [0, 0.05) is 22.8 Å². The number of nitrogens with one attached hydrogen (secondary N) is 2. The van der Waals surface area contributed by atoms with Gasteiger partial charge in [-0.15, -0.1) is 0 Å². The van der Waals surface area contributed by atoms with Crippen molar-refractivity contribution in [3.63, 3.8) is 0 Å². The molecule has 1 amide bonds. The van der Waals surface area contributed by atoms with Crippen LogP contribution >= 0.6 is 0 Å². The molecule has 0 saturated heterocycles. The number of amides is 1. The number of benzene rings is 2. The van der Waals surface area contributed by atoms with Gasteiger partial charge in [-0.3, -0.25) is 9.78 Å². The number of nitrogens with zero attached hydrogens (tertiary/aromatic N) is 1. The first-order chi connectivity index (χ1) is 14.8. The lowest BCUT2D eigenvalue weighted by Gasteiger charge is -2.31. The van der Waals surface area contributed by atoms with Crippen molar-refractivity contribution in [1.82, 2.24) is 15.6 Å². The molecular formula is C26H27N3O. The number of hydrogen-bond acceptors (Lipinski definition) is 3. The Morgan fingerprint density at radius 3 is 2.77 bits per heavy atom. The van der Waals surface area contributed by atoms with Gasteiger partial charge in [0.05, 0.1) is 18.1 Å². The molecule has 5 rings (SSSR count). The van der Waals surface area contributed by atoms with E-state index in [1.807, 2.05) is 30.3 Å².